The van der Waals surface area contributed by atoms with E-state index in [0.717, 1.165) is 5.69 Å². The third-order valence-electron chi connectivity index (χ3n) is 4.43. The zero-order chi connectivity index (χ0) is 14.2. The fraction of sp³-hybridized carbons (Fsp3) is 0.688. The van der Waals surface area contributed by atoms with E-state index in [4.69, 9.17) is 4.74 Å². The lowest BCUT2D eigenvalue weighted by molar-refractivity contribution is -0.137. The van der Waals surface area contributed by atoms with Crippen LogP contribution in [0, 0.1) is 18.8 Å². The maximum absolute atomic E-state index is 9.56. The van der Waals surface area contributed by atoms with E-state index in [-0.39, 0.29) is 18.1 Å². The first-order chi connectivity index (χ1) is 8.95. The average molecular weight is 263 g/mol. The van der Waals surface area contributed by atoms with Gasteiger partial charge in [-0.25, -0.2) is 0 Å². The van der Waals surface area contributed by atoms with E-state index in [1.54, 1.807) is 0 Å². The number of ether oxygens (including phenoxy) is 1. The van der Waals surface area contributed by atoms with E-state index in [2.05, 4.69) is 39.6 Å². The first-order valence-electron chi connectivity index (χ1n) is 7.15. The van der Waals surface area contributed by atoms with Crippen molar-refractivity contribution in [2.45, 2.75) is 46.1 Å². The van der Waals surface area contributed by atoms with Crippen molar-refractivity contribution in [1.82, 2.24) is 4.98 Å². The maximum Gasteiger partial charge on any atom is 0.0997 e. The number of aryl methyl sites for hydroxylation is 1. The Morgan fingerprint density at radius 1 is 1.37 bits per heavy atom. The Balaban J connectivity index is 2.69. The monoisotopic (exact) mass is 263 g/mol. The summed E-state index contributed by atoms with van der Waals surface area (Å²) in [4.78, 5) is 4.55. The number of aromatic nitrogens is 1. The summed E-state index contributed by atoms with van der Waals surface area (Å²) >= 11 is 0. The van der Waals surface area contributed by atoms with Crippen LogP contribution in [0.15, 0.2) is 12.3 Å². The molecule has 2 heterocycles. The van der Waals surface area contributed by atoms with Crippen molar-refractivity contribution in [2.24, 2.45) is 11.8 Å². The lowest BCUT2D eigenvalue weighted by Gasteiger charge is -2.47. The van der Waals surface area contributed by atoms with Gasteiger partial charge < -0.3 is 9.84 Å². The third kappa shape index (κ3) is 2.09. The number of aliphatic hydroxyl groups excluding tert-OH is 1. The fourth-order valence-electron chi connectivity index (χ4n) is 3.50. The number of rotatable bonds is 3. The molecule has 0 saturated heterocycles. The molecule has 0 saturated carbocycles. The van der Waals surface area contributed by atoms with Gasteiger partial charge in [-0.2, -0.15) is 0 Å². The quantitative estimate of drug-likeness (QED) is 0.911. The highest BCUT2D eigenvalue weighted by atomic mass is 16.5. The van der Waals surface area contributed by atoms with Gasteiger partial charge in [0.2, 0.25) is 0 Å². The summed E-state index contributed by atoms with van der Waals surface area (Å²) in [7, 11) is 0. The van der Waals surface area contributed by atoms with E-state index in [1.807, 2.05) is 12.3 Å². The van der Waals surface area contributed by atoms with E-state index >= 15 is 0 Å². The van der Waals surface area contributed by atoms with Crippen LogP contribution >= 0.6 is 0 Å². The molecule has 1 atom stereocenters. The van der Waals surface area contributed by atoms with Crippen molar-refractivity contribution < 1.29 is 9.84 Å². The predicted octanol–water partition coefficient (Wildman–Crippen LogP) is 3.00. The molecule has 0 aliphatic carbocycles. The fourth-order valence-corrected chi connectivity index (χ4v) is 3.50. The lowest BCUT2D eigenvalue weighted by Crippen LogP contribution is -2.47. The molecule has 3 heteroatoms. The van der Waals surface area contributed by atoms with Gasteiger partial charge in [0.1, 0.15) is 0 Å². The molecule has 3 nitrogen and oxygen atoms in total. The molecule has 1 aromatic heterocycles. The zero-order valence-corrected chi connectivity index (χ0v) is 12.6. The molecule has 1 N–H and O–H groups in total. The topological polar surface area (TPSA) is 42.4 Å². The van der Waals surface area contributed by atoms with Gasteiger partial charge in [-0.05, 0) is 30.4 Å². The maximum atomic E-state index is 9.56. The minimum absolute atomic E-state index is 0.000486. The molecule has 1 aliphatic rings. The second kappa shape index (κ2) is 5.22. The molecular formula is C16H25NO2. The molecule has 19 heavy (non-hydrogen) atoms. The number of pyridine rings is 1. The summed E-state index contributed by atoms with van der Waals surface area (Å²) < 4.78 is 6.30. The molecule has 2 rings (SSSR count). The van der Waals surface area contributed by atoms with Gasteiger partial charge in [-0.1, -0.05) is 27.7 Å². The van der Waals surface area contributed by atoms with Gasteiger partial charge >= 0.3 is 0 Å². The zero-order valence-electron chi connectivity index (χ0n) is 12.6. The van der Waals surface area contributed by atoms with Crippen molar-refractivity contribution >= 4 is 0 Å². The SMILES string of the molecule is Cc1ccnc2c1C(C(C)C)(C(C)C)OCC2CO. The van der Waals surface area contributed by atoms with E-state index in [0.29, 0.717) is 18.4 Å². The second-order valence-electron chi connectivity index (χ2n) is 6.18. The normalized spacial score (nSPS) is 21.8. The first kappa shape index (κ1) is 14.5. The van der Waals surface area contributed by atoms with Crippen LogP contribution in [0.4, 0.5) is 0 Å². The molecule has 0 radical (unpaired) electrons. The van der Waals surface area contributed by atoms with Crippen LogP contribution in [-0.4, -0.2) is 23.3 Å². The van der Waals surface area contributed by atoms with Gasteiger partial charge in [0, 0.05) is 17.7 Å². The smallest absolute Gasteiger partial charge is 0.0997 e. The minimum atomic E-state index is -0.292. The summed E-state index contributed by atoms with van der Waals surface area (Å²) in [6.45, 7) is 11.6. The highest BCUT2D eigenvalue weighted by molar-refractivity contribution is 5.39. The van der Waals surface area contributed by atoms with Crippen LogP contribution in [0.2, 0.25) is 0 Å². The first-order valence-corrected chi connectivity index (χ1v) is 7.15. The highest BCUT2D eigenvalue weighted by Gasteiger charge is 2.47. The van der Waals surface area contributed by atoms with E-state index in [1.165, 1.54) is 11.1 Å². The van der Waals surface area contributed by atoms with Gasteiger partial charge in [0.15, 0.2) is 0 Å². The van der Waals surface area contributed by atoms with Crippen LogP contribution < -0.4 is 0 Å². The number of hydrogen-bond donors (Lipinski definition) is 1. The Kier molecular flexibility index (Phi) is 3.98. The molecule has 0 bridgehead atoms. The lowest BCUT2D eigenvalue weighted by atomic mass is 9.70. The summed E-state index contributed by atoms with van der Waals surface area (Å²) in [5, 5.41) is 9.56. The van der Waals surface area contributed by atoms with Gasteiger partial charge in [0.25, 0.3) is 0 Å². The van der Waals surface area contributed by atoms with Crippen LogP contribution in [0.1, 0.15) is 50.4 Å². The minimum Gasteiger partial charge on any atom is -0.396 e. The van der Waals surface area contributed by atoms with Crippen molar-refractivity contribution in [2.75, 3.05) is 13.2 Å². The number of hydrogen-bond acceptors (Lipinski definition) is 3. The van der Waals surface area contributed by atoms with Crippen molar-refractivity contribution in [3.8, 4) is 0 Å². The Bertz CT molecular complexity index is 446. The molecule has 0 fully saturated rings. The molecule has 1 unspecified atom stereocenters. The van der Waals surface area contributed by atoms with E-state index < -0.39 is 0 Å². The predicted molar refractivity (Wildman–Crippen MR) is 76.1 cm³/mol. The van der Waals surface area contributed by atoms with Crippen LogP contribution in [0.25, 0.3) is 0 Å². The molecule has 1 aliphatic heterocycles. The van der Waals surface area contributed by atoms with Gasteiger partial charge in [-0.3, -0.25) is 4.98 Å². The molecule has 0 amide bonds. The Morgan fingerprint density at radius 3 is 2.53 bits per heavy atom. The van der Waals surface area contributed by atoms with Crippen LogP contribution in [0.5, 0.6) is 0 Å². The molecule has 0 spiro atoms. The Hall–Kier alpha value is -0.930. The summed E-state index contributed by atoms with van der Waals surface area (Å²) in [5.74, 6) is 0.739. The third-order valence-corrected chi connectivity index (χ3v) is 4.43. The molecule has 106 valence electrons. The van der Waals surface area contributed by atoms with Crippen molar-refractivity contribution in [3.63, 3.8) is 0 Å². The average Bonchev–Trinajstić information content (AvgIpc) is 2.37. The standard InChI is InChI=1S/C16H25NO2/c1-10(2)16(11(3)4)14-12(5)6-7-17-15(14)13(8-18)9-19-16/h6-7,10-11,13,18H,8-9H2,1-5H3. The summed E-state index contributed by atoms with van der Waals surface area (Å²) in [6, 6.07) is 2.04. The molecular weight excluding hydrogens is 238 g/mol. The van der Waals surface area contributed by atoms with Crippen molar-refractivity contribution in [3.05, 3.63) is 29.1 Å². The summed E-state index contributed by atoms with van der Waals surface area (Å²) in [6.07, 6.45) is 1.84. The van der Waals surface area contributed by atoms with Gasteiger partial charge in [0.05, 0.1) is 24.5 Å². The second-order valence-corrected chi connectivity index (χ2v) is 6.18. The summed E-state index contributed by atoms with van der Waals surface area (Å²) in [5.41, 5.74) is 3.14. The highest BCUT2D eigenvalue weighted by Crippen LogP contribution is 2.48. The van der Waals surface area contributed by atoms with Crippen LogP contribution in [-0.2, 0) is 10.3 Å². The largest absolute Gasteiger partial charge is 0.396 e. The van der Waals surface area contributed by atoms with Crippen LogP contribution in [0.3, 0.4) is 0 Å². The Labute approximate surface area is 116 Å². The molecule has 0 aromatic carbocycles. The molecule has 1 aromatic rings. The number of aliphatic hydroxyl groups is 1. The van der Waals surface area contributed by atoms with E-state index in [9.17, 15) is 5.11 Å². The number of fused-ring (bicyclic) bond motifs is 1. The Morgan fingerprint density at radius 2 is 2.00 bits per heavy atom. The van der Waals surface area contributed by atoms with Crippen molar-refractivity contribution in [1.29, 1.82) is 0 Å². The van der Waals surface area contributed by atoms with Gasteiger partial charge in [-0.15, -0.1) is 0 Å². The number of nitrogens with zero attached hydrogens (tertiary/aromatic N) is 1.